The predicted octanol–water partition coefficient (Wildman–Crippen LogP) is 4.45. The van der Waals surface area contributed by atoms with E-state index >= 15 is 0 Å². The van der Waals surface area contributed by atoms with E-state index in [1.54, 1.807) is 42.5 Å². The van der Waals surface area contributed by atoms with E-state index in [0.29, 0.717) is 23.5 Å². The van der Waals surface area contributed by atoms with E-state index < -0.39 is 0 Å². The third kappa shape index (κ3) is 3.89. The Balaban J connectivity index is 1.40. The fourth-order valence-corrected chi connectivity index (χ4v) is 3.64. The summed E-state index contributed by atoms with van der Waals surface area (Å²) in [6, 6.07) is 19.6. The van der Waals surface area contributed by atoms with Gasteiger partial charge in [-0.25, -0.2) is 4.98 Å². The van der Waals surface area contributed by atoms with Gasteiger partial charge in [0.1, 0.15) is 5.75 Å². The summed E-state index contributed by atoms with van der Waals surface area (Å²) in [7, 11) is 0. The van der Waals surface area contributed by atoms with E-state index in [1.165, 1.54) is 11.3 Å². The van der Waals surface area contributed by atoms with Crippen LogP contribution in [-0.4, -0.2) is 16.0 Å². The van der Waals surface area contributed by atoms with Crippen LogP contribution in [0.15, 0.2) is 66.7 Å². The van der Waals surface area contributed by atoms with E-state index in [1.807, 2.05) is 24.3 Å². The van der Waals surface area contributed by atoms with Crippen molar-refractivity contribution in [1.29, 1.82) is 0 Å². The molecule has 4 rings (SSSR count). The molecular weight excluding hydrogens is 372 g/mol. The maximum atomic E-state index is 12.4. The number of amides is 1. The van der Waals surface area contributed by atoms with E-state index in [9.17, 15) is 9.90 Å². The molecular formula is C21H18N4O2S. The molecule has 0 aliphatic carbocycles. The molecule has 1 amide bonds. The highest BCUT2D eigenvalue weighted by atomic mass is 32.1. The van der Waals surface area contributed by atoms with Crippen LogP contribution in [0.4, 0.5) is 16.5 Å². The number of hydrogen-bond acceptors (Lipinski definition) is 6. The van der Waals surface area contributed by atoms with Crippen LogP contribution in [0.2, 0.25) is 0 Å². The standard InChI is InChI=1S/C21H18N4O2S/c22-16-3-1-2-4-17(16)24-20(27)14-7-5-13(6-8-14)12-23-21-25-18-10-9-15(26)11-19(18)28-21/h1-11,26H,12,22H2,(H,23,25)(H,24,27). The van der Waals surface area contributed by atoms with Crippen LogP contribution in [0, 0.1) is 0 Å². The highest BCUT2D eigenvalue weighted by Crippen LogP contribution is 2.29. The van der Waals surface area contributed by atoms with Crippen molar-refractivity contribution in [3.8, 4) is 5.75 Å². The third-order valence-corrected chi connectivity index (χ3v) is 5.22. The van der Waals surface area contributed by atoms with Crippen LogP contribution in [0.5, 0.6) is 5.75 Å². The molecule has 0 radical (unpaired) electrons. The van der Waals surface area contributed by atoms with Gasteiger partial charge in [-0.2, -0.15) is 0 Å². The van der Waals surface area contributed by atoms with Gasteiger partial charge in [-0.05, 0) is 48.0 Å². The largest absolute Gasteiger partial charge is 0.508 e. The van der Waals surface area contributed by atoms with Crippen molar-refractivity contribution >= 4 is 44.0 Å². The number of aromatic nitrogens is 1. The summed E-state index contributed by atoms with van der Waals surface area (Å²) < 4.78 is 0.926. The number of nitrogens with zero attached hydrogens (tertiary/aromatic N) is 1. The van der Waals surface area contributed by atoms with Gasteiger partial charge >= 0.3 is 0 Å². The van der Waals surface area contributed by atoms with Crippen LogP contribution in [0.3, 0.4) is 0 Å². The average Bonchev–Trinajstić information content (AvgIpc) is 3.10. The zero-order valence-electron chi connectivity index (χ0n) is 14.8. The predicted molar refractivity (Wildman–Crippen MR) is 114 cm³/mol. The molecule has 0 atom stereocenters. The van der Waals surface area contributed by atoms with Crippen molar-refractivity contribution in [3.63, 3.8) is 0 Å². The number of phenols is 1. The third-order valence-electron chi connectivity index (χ3n) is 4.24. The van der Waals surface area contributed by atoms with Gasteiger partial charge in [0.15, 0.2) is 5.13 Å². The number of nitrogen functional groups attached to an aromatic ring is 1. The summed E-state index contributed by atoms with van der Waals surface area (Å²) in [6.07, 6.45) is 0. The van der Waals surface area contributed by atoms with Gasteiger partial charge in [0.25, 0.3) is 5.91 Å². The molecule has 7 heteroatoms. The first-order valence-corrected chi connectivity index (χ1v) is 9.48. The summed E-state index contributed by atoms with van der Waals surface area (Å²) in [5.74, 6) is 0.0252. The second kappa shape index (κ2) is 7.58. The summed E-state index contributed by atoms with van der Waals surface area (Å²) in [6.45, 7) is 0.583. The first kappa shape index (κ1) is 17.8. The smallest absolute Gasteiger partial charge is 0.255 e. The Morgan fingerprint density at radius 3 is 2.64 bits per heavy atom. The van der Waals surface area contributed by atoms with Crippen molar-refractivity contribution in [3.05, 3.63) is 77.9 Å². The second-order valence-electron chi connectivity index (χ2n) is 6.26. The lowest BCUT2D eigenvalue weighted by atomic mass is 10.1. The fourth-order valence-electron chi connectivity index (χ4n) is 2.75. The molecule has 3 aromatic carbocycles. The summed E-state index contributed by atoms with van der Waals surface area (Å²) in [5, 5.41) is 16.4. The molecule has 28 heavy (non-hydrogen) atoms. The lowest BCUT2D eigenvalue weighted by molar-refractivity contribution is 0.102. The Morgan fingerprint density at radius 2 is 1.86 bits per heavy atom. The molecule has 6 nitrogen and oxygen atoms in total. The van der Waals surface area contributed by atoms with Crippen molar-refractivity contribution < 1.29 is 9.90 Å². The number of benzene rings is 3. The Hall–Kier alpha value is -3.58. The van der Waals surface area contributed by atoms with Crippen molar-refractivity contribution in [1.82, 2.24) is 4.98 Å². The van der Waals surface area contributed by atoms with Crippen molar-refractivity contribution in [2.45, 2.75) is 6.54 Å². The van der Waals surface area contributed by atoms with Crippen LogP contribution < -0.4 is 16.4 Å². The maximum absolute atomic E-state index is 12.4. The molecule has 0 saturated carbocycles. The van der Waals surface area contributed by atoms with Crippen LogP contribution in [0.1, 0.15) is 15.9 Å². The molecule has 0 aliphatic rings. The van der Waals surface area contributed by atoms with Gasteiger partial charge in [0.05, 0.1) is 21.6 Å². The number of phenolic OH excluding ortho intramolecular Hbond substituents is 1. The number of thiazole rings is 1. The summed E-state index contributed by atoms with van der Waals surface area (Å²) in [5.41, 5.74) is 9.41. The number of para-hydroxylation sites is 2. The molecule has 5 N–H and O–H groups in total. The Morgan fingerprint density at radius 1 is 1.07 bits per heavy atom. The number of carbonyl (C=O) groups is 1. The van der Waals surface area contributed by atoms with Crippen LogP contribution in [-0.2, 0) is 6.54 Å². The molecule has 0 fully saturated rings. The number of hydrogen-bond donors (Lipinski definition) is 4. The molecule has 4 aromatic rings. The lowest BCUT2D eigenvalue weighted by Gasteiger charge is -2.08. The number of aromatic hydroxyl groups is 1. The van der Waals surface area contributed by atoms with Gasteiger partial charge in [-0.1, -0.05) is 35.6 Å². The highest BCUT2D eigenvalue weighted by Gasteiger charge is 2.08. The minimum Gasteiger partial charge on any atom is -0.508 e. The number of nitrogens with one attached hydrogen (secondary N) is 2. The highest BCUT2D eigenvalue weighted by molar-refractivity contribution is 7.22. The van der Waals surface area contributed by atoms with Gasteiger partial charge in [0.2, 0.25) is 0 Å². The molecule has 1 heterocycles. The molecule has 140 valence electrons. The lowest BCUT2D eigenvalue weighted by Crippen LogP contribution is -2.13. The Labute approximate surface area is 165 Å². The zero-order chi connectivity index (χ0) is 19.5. The normalized spacial score (nSPS) is 10.7. The minimum absolute atomic E-state index is 0.205. The number of rotatable bonds is 5. The number of nitrogens with two attached hydrogens (primary N) is 1. The number of carbonyl (C=O) groups excluding carboxylic acids is 1. The SMILES string of the molecule is Nc1ccccc1NC(=O)c1ccc(CNc2nc3ccc(O)cc3s2)cc1. The maximum Gasteiger partial charge on any atom is 0.255 e. The monoisotopic (exact) mass is 390 g/mol. The first-order chi connectivity index (χ1) is 13.6. The van der Waals surface area contributed by atoms with Gasteiger partial charge in [-0.3, -0.25) is 4.79 Å². The van der Waals surface area contributed by atoms with E-state index in [4.69, 9.17) is 5.73 Å². The topological polar surface area (TPSA) is 100 Å². The Bertz CT molecular complexity index is 1140. The zero-order valence-corrected chi connectivity index (χ0v) is 15.7. The van der Waals surface area contributed by atoms with Gasteiger partial charge in [0, 0.05) is 12.1 Å². The van der Waals surface area contributed by atoms with E-state index in [0.717, 1.165) is 20.9 Å². The number of anilines is 3. The Kier molecular flexibility index (Phi) is 4.82. The van der Waals surface area contributed by atoms with E-state index in [-0.39, 0.29) is 11.7 Å². The summed E-state index contributed by atoms with van der Waals surface area (Å²) in [4.78, 5) is 16.9. The second-order valence-corrected chi connectivity index (χ2v) is 7.29. The minimum atomic E-state index is -0.205. The molecule has 0 bridgehead atoms. The molecule has 0 saturated heterocycles. The molecule has 0 unspecified atom stereocenters. The summed E-state index contributed by atoms with van der Waals surface area (Å²) >= 11 is 1.48. The van der Waals surface area contributed by atoms with Gasteiger partial charge < -0.3 is 21.5 Å². The molecule has 1 aromatic heterocycles. The van der Waals surface area contributed by atoms with Crippen LogP contribution in [0.25, 0.3) is 10.2 Å². The molecule has 0 spiro atoms. The van der Waals surface area contributed by atoms with E-state index in [2.05, 4.69) is 15.6 Å². The molecule has 0 aliphatic heterocycles. The quantitative estimate of drug-likeness (QED) is 0.377. The fraction of sp³-hybridized carbons (Fsp3) is 0.0476. The first-order valence-electron chi connectivity index (χ1n) is 8.67. The van der Waals surface area contributed by atoms with Crippen molar-refractivity contribution in [2.24, 2.45) is 0 Å². The van der Waals surface area contributed by atoms with Crippen LogP contribution >= 0.6 is 11.3 Å². The average molecular weight is 390 g/mol. The van der Waals surface area contributed by atoms with Gasteiger partial charge in [-0.15, -0.1) is 0 Å². The number of fused-ring (bicyclic) bond motifs is 1. The van der Waals surface area contributed by atoms with Crippen molar-refractivity contribution in [2.75, 3.05) is 16.4 Å².